The minimum Gasteiger partial charge on any atom is -0.492 e. The second-order valence-corrected chi connectivity index (χ2v) is 7.41. The Morgan fingerprint density at radius 2 is 1.67 bits per heavy atom. The molecule has 6 nitrogen and oxygen atoms in total. The summed E-state index contributed by atoms with van der Waals surface area (Å²) in [6, 6.07) is 16.7. The fraction of sp³-hybridized carbons (Fsp3) is 0.375. The van der Waals surface area contributed by atoms with E-state index in [9.17, 15) is 0 Å². The van der Waals surface area contributed by atoms with Gasteiger partial charge < -0.3 is 19.2 Å². The Bertz CT molecular complexity index is 858. The van der Waals surface area contributed by atoms with E-state index in [2.05, 4.69) is 39.5 Å². The molecular weight excluding hydrogens is 378 g/mol. The molecule has 1 fully saturated rings. The van der Waals surface area contributed by atoms with Crippen molar-refractivity contribution in [2.75, 3.05) is 52.5 Å². The van der Waals surface area contributed by atoms with E-state index in [1.54, 1.807) is 12.5 Å². The van der Waals surface area contributed by atoms with Crippen LogP contribution in [-0.4, -0.2) is 62.4 Å². The number of oxazole rings is 1. The average Bonchev–Trinajstić information content (AvgIpc) is 3.33. The van der Waals surface area contributed by atoms with Crippen molar-refractivity contribution in [1.29, 1.82) is 0 Å². The van der Waals surface area contributed by atoms with Gasteiger partial charge in [0.05, 0.1) is 19.4 Å². The van der Waals surface area contributed by atoms with Crippen molar-refractivity contribution in [3.63, 3.8) is 0 Å². The molecule has 1 aromatic heterocycles. The van der Waals surface area contributed by atoms with Crippen LogP contribution in [0.25, 0.3) is 11.5 Å². The van der Waals surface area contributed by atoms with E-state index < -0.39 is 0 Å². The third-order valence-corrected chi connectivity index (χ3v) is 5.22. The smallest absolute Gasteiger partial charge is 0.225 e. The molecule has 0 unspecified atom stereocenters. The second-order valence-electron chi connectivity index (χ2n) is 7.41. The first-order valence-electron chi connectivity index (χ1n) is 10.6. The van der Waals surface area contributed by atoms with Crippen LogP contribution < -0.4 is 10.1 Å². The predicted molar refractivity (Wildman–Crippen MR) is 117 cm³/mol. The summed E-state index contributed by atoms with van der Waals surface area (Å²) < 4.78 is 16.5. The third kappa shape index (κ3) is 6.16. The minimum atomic E-state index is 0.652. The normalized spacial score (nSPS) is 14.7. The van der Waals surface area contributed by atoms with Gasteiger partial charge in [-0.3, -0.25) is 4.90 Å². The van der Waals surface area contributed by atoms with Crippen LogP contribution in [-0.2, 0) is 11.2 Å². The van der Waals surface area contributed by atoms with Crippen LogP contribution in [0.1, 0.15) is 11.1 Å². The van der Waals surface area contributed by atoms with Gasteiger partial charge >= 0.3 is 0 Å². The highest BCUT2D eigenvalue weighted by Crippen LogP contribution is 2.20. The summed E-state index contributed by atoms with van der Waals surface area (Å²) in [6.45, 7) is 7.35. The Kier molecular flexibility index (Phi) is 7.50. The van der Waals surface area contributed by atoms with E-state index in [1.165, 1.54) is 11.1 Å². The zero-order chi connectivity index (χ0) is 20.4. The van der Waals surface area contributed by atoms with Crippen molar-refractivity contribution in [2.45, 2.75) is 6.42 Å². The van der Waals surface area contributed by atoms with Gasteiger partial charge in [-0.2, -0.15) is 0 Å². The van der Waals surface area contributed by atoms with Gasteiger partial charge in [-0.25, -0.2) is 4.98 Å². The van der Waals surface area contributed by atoms with Crippen molar-refractivity contribution >= 4 is 0 Å². The molecule has 0 spiro atoms. The lowest BCUT2D eigenvalue weighted by Crippen LogP contribution is -2.40. The fourth-order valence-corrected chi connectivity index (χ4v) is 3.50. The first-order chi connectivity index (χ1) is 14.9. The van der Waals surface area contributed by atoms with Gasteiger partial charge in [-0.15, -0.1) is 0 Å². The summed E-state index contributed by atoms with van der Waals surface area (Å²) in [6.07, 6.45) is 4.14. The lowest BCUT2D eigenvalue weighted by atomic mass is 10.0. The van der Waals surface area contributed by atoms with E-state index >= 15 is 0 Å². The van der Waals surface area contributed by atoms with Crippen molar-refractivity contribution in [2.24, 2.45) is 0 Å². The van der Waals surface area contributed by atoms with Crippen LogP contribution in [0, 0.1) is 0 Å². The summed E-state index contributed by atoms with van der Waals surface area (Å²) in [4.78, 5) is 6.61. The van der Waals surface area contributed by atoms with Gasteiger partial charge in [-0.1, -0.05) is 24.3 Å². The van der Waals surface area contributed by atoms with E-state index in [0.717, 1.165) is 63.7 Å². The molecule has 4 rings (SSSR count). The lowest BCUT2D eigenvalue weighted by molar-refractivity contribution is 0.0383. The average molecular weight is 408 g/mol. The molecule has 1 saturated heterocycles. The van der Waals surface area contributed by atoms with Gasteiger partial charge in [0.1, 0.15) is 18.6 Å². The quantitative estimate of drug-likeness (QED) is 0.521. The molecule has 2 heterocycles. The Morgan fingerprint density at radius 3 is 2.37 bits per heavy atom. The molecule has 6 heteroatoms. The Hall–Kier alpha value is -2.67. The molecule has 2 aromatic carbocycles. The Morgan fingerprint density at radius 1 is 0.933 bits per heavy atom. The number of nitrogens with one attached hydrogen (secondary N) is 1. The summed E-state index contributed by atoms with van der Waals surface area (Å²) >= 11 is 0. The van der Waals surface area contributed by atoms with Crippen molar-refractivity contribution in [3.05, 3.63) is 72.1 Å². The van der Waals surface area contributed by atoms with Crippen molar-refractivity contribution in [3.8, 4) is 17.2 Å². The van der Waals surface area contributed by atoms with Crippen LogP contribution in [0.3, 0.4) is 0 Å². The number of rotatable bonds is 10. The zero-order valence-electron chi connectivity index (χ0n) is 17.3. The number of morpholine rings is 1. The zero-order valence-corrected chi connectivity index (χ0v) is 17.3. The predicted octanol–water partition coefficient (Wildman–Crippen LogP) is 3.23. The summed E-state index contributed by atoms with van der Waals surface area (Å²) in [5.41, 5.74) is 3.50. The fourth-order valence-electron chi connectivity index (χ4n) is 3.50. The molecule has 1 N–H and O–H groups in total. The van der Waals surface area contributed by atoms with Gasteiger partial charge in [0.2, 0.25) is 5.89 Å². The molecule has 0 radical (unpaired) electrons. The summed E-state index contributed by atoms with van der Waals surface area (Å²) in [5, 5.41) is 3.44. The molecule has 0 aliphatic carbocycles. The second kappa shape index (κ2) is 10.9. The molecular formula is C24H29N3O3. The van der Waals surface area contributed by atoms with Crippen LogP contribution >= 0.6 is 0 Å². The highest BCUT2D eigenvalue weighted by Gasteiger charge is 2.08. The standard InChI is InChI=1S/C24H29N3O3/c1-5-22(24-26-11-16-30-24)6-2-20(1)19-21-3-7-23(8-4-21)29-15-10-25-9-12-27-13-17-28-18-14-27/h1-8,11,16,25H,9-10,12-15,17-19H2. The van der Waals surface area contributed by atoms with Crippen LogP contribution in [0.5, 0.6) is 5.75 Å². The lowest BCUT2D eigenvalue weighted by Gasteiger charge is -2.26. The molecule has 0 bridgehead atoms. The maximum absolute atomic E-state index is 5.85. The molecule has 0 atom stereocenters. The van der Waals surface area contributed by atoms with Gasteiger partial charge in [0, 0.05) is 38.3 Å². The Labute approximate surface area is 177 Å². The molecule has 1 aliphatic heterocycles. The van der Waals surface area contributed by atoms with E-state index in [0.29, 0.717) is 12.5 Å². The number of ether oxygens (including phenoxy) is 2. The minimum absolute atomic E-state index is 0.652. The molecule has 3 aromatic rings. The van der Waals surface area contributed by atoms with Crippen molar-refractivity contribution in [1.82, 2.24) is 15.2 Å². The molecule has 30 heavy (non-hydrogen) atoms. The first kappa shape index (κ1) is 20.6. The maximum atomic E-state index is 5.85. The summed E-state index contributed by atoms with van der Waals surface area (Å²) in [5.74, 6) is 1.56. The first-order valence-corrected chi connectivity index (χ1v) is 10.6. The largest absolute Gasteiger partial charge is 0.492 e. The number of hydrogen-bond acceptors (Lipinski definition) is 6. The number of hydrogen-bond donors (Lipinski definition) is 1. The van der Waals surface area contributed by atoms with Crippen LogP contribution in [0.4, 0.5) is 0 Å². The SMILES string of the molecule is c1coc(-c2ccc(Cc3ccc(OCCNCCN4CCOCC4)cc3)cc2)n1. The number of benzene rings is 2. The van der Waals surface area contributed by atoms with Crippen molar-refractivity contribution < 1.29 is 13.9 Å². The molecule has 1 aliphatic rings. The number of aromatic nitrogens is 1. The van der Waals surface area contributed by atoms with E-state index in [4.69, 9.17) is 13.9 Å². The monoisotopic (exact) mass is 407 g/mol. The van der Waals surface area contributed by atoms with Gasteiger partial charge in [-0.05, 0) is 41.8 Å². The summed E-state index contributed by atoms with van der Waals surface area (Å²) in [7, 11) is 0. The van der Waals surface area contributed by atoms with E-state index in [1.807, 2.05) is 24.3 Å². The Balaban J connectivity index is 1.15. The molecule has 0 amide bonds. The number of nitrogens with zero attached hydrogens (tertiary/aromatic N) is 2. The van der Waals surface area contributed by atoms with Gasteiger partial charge in [0.25, 0.3) is 0 Å². The maximum Gasteiger partial charge on any atom is 0.225 e. The third-order valence-electron chi connectivity index (χ3n) is 5.22. The highest BCUT2D eigenvalue weighted by molar-refractivity contribution is 5.53. The van der Waals surface area contributed by atoms with E-state index in [-0.39, 0.29) is 0 Å². The topological polar surface area (TPSA) is 59.8 Å². The van der Waals surface area contributed by atoms with Crippen LogP contribution in [0.15, 0.2) is 65.4 Å². The van der Waals surface area contributed by atoms with Crippen LogP contribution in [0.2, 0.25) is 0 Å². The molecule has 158 valence electrons. The highest BCUT2D eigenvalue weighted by atomic mass is 16.5. The van der Waals surface area contributed by atoms with Gasteiger partial charge in [0.15, 0.2) is 0 Å². The molecule has 0 saturated carbocycles.